The van der Waals surface area contributed by atoms with Crippen molar-refractivity contribution in [2.24, 2.45) is 0 Å². The Kier molecular flexibility index (Phi) is 9.00. The van der Waals surface area contributed by atoms with E-state index in [1.807, 2.05) is 72.8 Å². The van der Waals surface area contributed by atoms with Crippen LogP contribution in [0.3, 0.4) is 0 Å². The summed E-state index contributed by atoms with van der Waals surface area (Å²) in [5.74, 6) is 1.48. The van der Waals surface area contributed by atoms with Gasteiger partial charge in [0.1, 0.15) is 0 Å². The molecule has 1 heterocycles. The van der Waals surface area contributed by atoms with E-state index in [-0.39, 0.29) is 5.69 Å². The predicted molar refractivity (Wildman–Crippen MR) is 134 cm³/mol. The van der Waals surface area contributed by atoms with Gasteiger partial charge in [0.2, 0.25) is 0 Å². The topological polar surface area (TPSA) is 54.4 Å². The van der Waals surface area contributed by atoms with Crippen molar-refractivity contribution in [3.63, 3.8) is 0 Å². The van der Waals surface area contributed by atoms with Crippen molar-refractivity contribution in [2.45, 2.75) is 0 Å². The van der Waals surface area contributed by atoms with Crippen molar-refractivity contribution in [1.29, 1.82) is 0 Å². The van der Waals surface area contributed by atoms with Gasteiger partial charge in [0.05, 0.1) is 28.2 Å². The van der Waals surface area contributed by atoms with Gasteiger partial charge in [0, 0.05) is 17.7 Å². The minimum atomic E-state index is -0.394. The molecule has 3 aromatic carbocycles. The summed E-state index contributed by atoms with van der Waals surface area (Å²) in [5.41, 5.74) is 3.85. The molecule has 0 N–H and O–H groups in total. The van der Waals surface area contributed by atoms with Crippen LogP contribution in [0.5, 0.6) is 0 Å². The molecule has 0 saturated heterocycles. The van der Waals surface area contributed by atoms with E-state index < -0.39 is 4.92 Å². The van der Waals surface area contributed by atoms with Crippen LogP contribution in [0.15, 0.2) is 101 Å². The number of nitrogens with zero attached hydrogens (tertiary/aromatic N) is 1. The Morgan fingerprint density at radius 3 is 1.50 bits per heavy atom. The first-order chi connectivity index (χ1) is 14.6. The van der Waals surface area contributed by atoms with Crippen LogP contribution in [-0.2, 0) is 0 Å². The molecule has 152 valence electrons. The smallest absolute Gasteiger partial charge is 0.258 e. The zero-order valence-electron chi connectivity index (χ0n) is 15.5. The number of hydrogen-bond acceptors (Lipinski definition) is 2. The van der Waals surface area contributed by atoms with E-state index in [0.29, 0.717) is 13.3 Å². The predicted octanol–water partition coefficient (Wildman–Crippen LogP) is 5.25. The number of halogens is 3. The Morgan fingerprint density at radius 1 is 0.667 bits per heavy atom. The molecule has 0 aliphatic rings. The van der Waals surface area contributed by atoms with Gasteiger partial charge in [-0.1, -0.05) is 36.4 Å². The van der Waals surface area contributed by atoms with Gasteiger partial charge in [-0.15, -0.1) is 0 Å². The molecule has 7 heteroatoms. The number of non-ortho nitro benzene ring substituents is 1. The number of benzene rings is 3. The van der Waals surface area contributed by atoms with Crippen LogP contribution in [0.1, 0.15) is 0 Å². The Hall–Kier alpha value is -1.60. The second-order valence-corrected chi connectivity index (χ2v) is 22.4. The first-order valence-corrected chi connectivity index (χ1v) is 21.4. The molecule has 0 unspecified atom stereocenters. The molecule has 0 aliphatic heterocycles. The van der Waals surface area contributed by atoms with Crippen molar-refractivity contribution < 1.29 is 22.6 Å². The summed E-state index contributed by atoms with van der Waals surface area (Å²) in [5, 5.41) is 10.9. The average Bonchev–Trinajstić information content (AvgIpc) is 2.80. The fourth-order valence-corrected chi connectivity index (χ4v) is 2.93. The summed E-state index contributed by atoms with van der Waals surface area (Å²) in [6.07, 6.45) is 0. The summed E-state index contributed by atoms with van der Waals surface area (Å²) in [7, 11) is 0. The van der Waals surface area contributed by atoms with Gasteiger partial charge < -0.3 is 0 Å². The van der Waals surface area contributed by atoms with Crippen LogP contribution in [0, 0.1) is 10.1 Å². The molecule has 0 saturated carbocycles. The normalized spacial score (nSPS) is 10.2. The largest absolute Gasteiger partial charge is 0.361 e. The summed E-state index contributed by atoms with van der Waals surface area (Å²) in [4.78, 5) is 10.5. The molecular weight excluding hydrogens is 719 g/mol. The molecule has 0 bridgehead atoms. The van der Waals surface area contributed by atoms with Crippen LogP contribution in [0.4, 0.5) is 5.69 Å². The first-order valence-electron chi connectivity index (χ1n) is 8.83. The number of nitro groups is 1. The molecule has 0 radical (unpaired) electrons. The molecule has 0 spiro atoms. The van der Waals surface area contributed by atoms with Gasteiger partial charge >= 0.3 is 62.0 Å². The molecule has 4 nitrogen and oxygen atoms in total. The molecule has 0 atom stereocenters. The molecular formula is C23H16I3NO3. The van der Waals surface area contributed by atoms with E-state index in [0.717, 1.165) is 33.8 Å². The quantitative estimate of drug-likeness (QED) is 0.125. The Labute approximate surface area is 204 Å². The number of rotatable bonds is 4. The van der Waals surface area contributed by atoms with Crippen LogP contribution < -0.4 is 13.3 Å². The van der Waals surface area contributed by atoms with Gasteiger partial charge in [0.15, 0.2) is 0 Å². The van der Waals surface area contributed by atoms with Gasteiger partial charge in [-0.3, -0.25) is 10.1 Å². The van der Waals surface area contributed by atoms with E-state index in [1.54, 1.807) is 12.1 Å². The second kappa shape index (κ2) is 11.7. The van der Waals surface area contributed by atoms with Crippen LogP contribution in [-0.4, -0.2) is 4.92 Å². The van der Waals surface area contributed by atoms with Gasteiger partial charge in [-0.25, -0.2) is 4.42 Å². The van der Waals surface area contributed by atoms with Crippen molar-refractivity contribution in [1.82, 2.24) is 0 Å². The fraction of sp³-hybridized carbons (Fsp3) is 0. The third-order valence-corrected chi connectivity index (χ3v) is 4.32. The van der Waals surface area contributed by atoms with E-state index in [1.165, 1.54) is 12.1 Å². The van der Waals surface area contributed by atoms with Crippen LogP contribution >= 0.6 is 37.2 Å². The van der Waals surface area contributed by atoms with E-state index in [9.17, 15) is 10.1 Å². The molecule has 4 aromatic rings. The summed E-state index contributed by atoms with van der Waals surface area (Å²) in [6, 6.07) is 30.2. The molecule has 30 heavy (non-hydrogen) atoms. The monoisotopic (exact) mass is 735 g/mol. The van der Waals surface area contributed by atoms with Crippen LogP contribution in [0.25, 0.3) is 33.8 Å². The first kappa shape index (κ1) is 23.1. The average molecular weight is 735 g/mol. The zero-order valence-corrected chi connectivity index (χ0v) is 22.0. The van der Waals surface area contributed by atoms with Crippen molar-refractivity contribution in [2.75, 3.05) is 0 Å². The van der Waals surface area contributed by atoms with Crippen molar-refractivity contribution in [3.05, 3.63) is 107 Å². The van der Waals surface area contributed by atoms with Gasteiger partial charge in [-0.05, 0) is 42.0 Å². The second-order valence-electron chi connectivity index (χ2n) is 6.16. The minimum absolute atomic E-state index is 0.0749. The maximum Gasteiger partial charge on any atom is 0.361 e. The maximum atomic E-state index is 10.9. The van der Waals surface area contributed by atoms with Crippen molar-refractivity contribution >= 4 is 42.9 Å². The SMILES string of the molecule is I[I-]I.O=[N+]([O-])c1ccc(-c2cc(-c3ccccc3)[o+]c(-c3ccccc3)c2)cc1. The molecule has 0 aliphatic carbocycles. The Morgan fingerprint density at radius 2 is 1.10 bits per heavy atom. The summed E-state index contributed by atoms with van der Waals surface area (Å²) >= 11 is 5.30. The number of hydrogen-bond donors (Lipinski definition) is 0. The molecule has 1 aromatic heterocycles. The maximum absolute atomic E-state index is 10.9. The molecule has 0 amide bonds. The zero-order chi connectivity index (χ0) is 21.3. The molecule has 0 fully saturated rings. The molecule has 4 rings (SSSR count). The third-order valence-electron chi connectivity index (χ3n) is 4.32. The van der Waals surface area contributed by atoms with Gasteiger partial charge in [0.25, 0.3) is 5.69 Å². The van der Waals surface area contributed by atoms with Gasteiger partial charge in [-0.2, -0.15) is 0 Å². The number of nitro benzene ring substituents is 1. The summed E-state index contributed by atoms with van der Waals surface area (Å²) < 4.78 is 6.17. The Balaban J connectivity index is 0.000000806. The minimum Gasteiger partial charge on any atom is -0.258 e. The van der Waals surface area contributed by atoms with Crippen molar-refractivity contribution in [3.8, 4) is 33.8 Å². The van der Waals surface area contributed by atoms with E-state index >= 15 is 0 Å². The fourth-order valence-electron chi connectivity index (χ4n) is 2.93. The van der Waals surface area contributed by atoms with E-state index in [2.05, 4.69) is 37.2 Å². The van der Waals surface area contributed by atoms with Crippen LogP contribution in [0.2, 0.25) is 0 Å². The Bertz CT molecular complexity index is 1050. The standard InChI is InChI=1S/C23H16NO3.I3/c25-24(26)21-13-11-17(12-14-21)20-15-22(18-7-3-1-4-8-18)27-23(16-20)19-9-5-2-6-10-19;1-3-2/h1-16H;/q+1;-1. The third kappa shape index (κ3) is 6.20. The summed E-state index contributed by atoms with van der Waals surface area (Å²) in [6.45, 7) is 0. The van der Waals surface area contributed by atoms with E-state index in [4.69, 9.17) is 4.42 Å².